The molecule has 1 amide bonds. The first kappa shape index (κ1) is 17.3. The van der Waals surface area contributed by atoms with Crippen molar-refractivity contribution in [2.24, 2.45) is 5.92 Å². The van der Waals surface area contributed by atoms with Gasteiger partial charge in [0, 0.05) is 19.5 Å². The fourth-order valence-electron chi connectivity index (χ4n) is 2.72. The molecule has 1 heterocycles. The molecule has 1 saturated heterocycles. The normalized spacial score (nSPS) is 19.7. The third-order valence-corrected chi connectivity index (χ3v) is 4.15. The lowest BCUT2D eigenvalue weighted by molar-refractivity contribution is -0.141. The highest BCUT2D eigenvalue weighted by Crippen LogP contribution is 2.32. The quantitative estimate of drug-likeness (QED) is 0.923. The molecule has 2 atom stereocenters. The van der Waals surface area contributed by atoms with E-state index in [1.807, 2.05) is 0 Å². The number of nitrogens with zero attached hydrogens (tertiary/aromatic N) is 1. The monoisotopic (exact) mass is 329 g/mol. The SMILES string of the molecule is CC(CC(=O)N1CCC(C(=O)O)C1)c1cccc(C(F)(F)F)c1. The topological polar surface area (TPSA) is 57.6 Å². The van der Waals surface area contributed by atoms with Crippen molar-refractivity contribution in [3.63, 3.8) is 0 Å². The second-order valence-corrected chi connectivity index (χ2v) is 5.89. The second kappa shape index (κ2) is 6.60. The summed E-state index contributed by atoms with van der Waals surface area (Å²) in [5, 5.41) is 8.93. The Morgan fingerprint density at radius 2 is 2.09 bits per heavy atom. The van der Waals surface area contributed by atoms with Gasteiger partial charge in [0.05, 0.1) is 11.5 Å². The van der Waals surface area contributed by atoms with Crippen molar-refractivity contribution < 1.29 is 27.9 Å². The number of carboxylic acid groups (broad SMARTS) is 1. The van der Waals surface area contributed by atoms with Crippen LogP contribution in [-0.4, -0.2) is 35.0 Å². The zero-order chi connectivity index (χ0) is 17.2. The van der Waals surface area contributed by atoms with Gasteiger partial charge in [0.15, 0.2) is 0 Å². The molecule has 1 aromatic carbocycles. The molecule has 0 aromatic heterocycles. The van der Waals surface area contributed by atoms with E-state index in [2.05, 4.69) is 0 Å². The van der Waals surface area contributed by atoms with Crippen LogP contribution in [0.1, 0.15) is 36.8 Å². The van der Waals surface area contributed by atoms with Gasteiger partial charge in [-0.2, -0.15) is 13.2 Å². The molecule has 0 bridgehead atoms. The van der Waals surface area contributed by atoms with Crippen molar-refractivity contribution in [3.8, 4) is 0 Å². The Hall–Kier alpha value is -2.05. The van der Waals surface area contributed by atoms with E-state index < -0.39 is 23.6 Å². The number of carbonyl (C=O) groups excluding carboxylic acids is 1. The minimum absolute atomic E-state index is 0.0631. The van der Waals surface area contributed by atoms with Crippen molar-refractivity contribution in [3.05, 3.63) is 35.4 Å². The van der Waals surface area contributed by atoms with Gasteiger partial charge in [0.1, 0.15) is 0 Å². The van der Waals surface area contributed by atoms with E-state index in [0.717, 1.165) is 12.1 Å². The van der Waals surface area contributed by atoms with Crippen LogP contribution in [-0.2, 0) is 15.8 Å². The fraction of sp³-hybridized carbons (Fsp3) is 0.500. The van der Waals surface area contributed by atoms with E-state index >= 15 is 0 Å². The number of halogens is 3. The highest BCUT2D eigenvalue weighted by molar-refractivity contribution is 5.79. The van der Waals surface area contributed by atoms with Gasteiger partial charge >= 0.3 is 12.1 Å². The molecule has 1 aliphatic heterocycles. The molecule has 1 fully saturated rings. The summed E-state index contributed by atoms with van der Waals surface area (Å²) in [6.45, 7) is 2.24. The van der Waals surface area contributed by atoms with E-state index in [4.69, 9.17) is 5.11 Å². The maximum atomic E-state index is 12.7. The summed E-state index contributed by atoms with van der Waals surface area (Å²) in [7, 11) is 0. The molecule has 23 heavy (non-hydrogen) atoms. The molecule has 0 saturated carbocycles. The Morgan fingerprint density at radius 3 is 2.65 bits per heavy atom. The van der Waals surface area contributed by atoms with Crippen molar-refractivity contribution in [2.75, 3.05) is 13.1 Å². The zero-order valence-electron chi connectivity index (χ0n) is 12.6. The molecule has 2 unspecified atom stereocenters. The van der Waals surface area contributed by atoms with Crippen LogP contribution >= 0.6 is 0 Å². The Labute approximate surface area is 131 Å². The van der Waals surface area contributed by atoms with Crippen LogP contribution in [0.5, 0.6) is 0 Å². The zero-order valence-corrected chi connectivity index (χ0v) is 12.6. The summed E-state index contributed by atoms with van der Waals surface area (Å²) in [5.41, 5.74) is -0.288. The van der Waals surface area contributed by atoms with E-state index in [9.17, 15) is 22.8 Å². The molecule has 4 nitrogen and oxygen atoms in total. The fourth-order valence-corrected chi connectivity index (χ4v) is 2.72. The molecule has 7 heteroatoms. The summed E-state index contributed by atoms with van der Waals surface area (Å²) in [4.78, 5) is 24.6. The number of hydrogen-bond donors (Lipinski definition) is 1. The maximum Gasteiger partial charge on any atom is 0.416 e. The lowest BCUT2D eigenvalue weighted by Gasteiger charge is -2.19. The first-order valence-electron chi connectivity index (χ1n) is 7.36. The van der Waals surface area contributed by atoms with Crippen LogP contribution in [0.3, 0.4) is 0 Å². The summed E-state index contributed by atoms with van der Waals surface area (Å²) < 4.78 is 38.2. The van der Waals surface area contributed by atoms with Gasteiger partial charge in [-0.1, -0.05) is 25.1 Å². The van der Waals surface area contributed by atoms with Crippen molar-refractivity contribution in [2.45, 2.75) is 31.9 Å². The lowest BCUT2D eigenvalue weighted by atomic mass is 9.95. The largest absolute Gasteiger partial charge is 0.481 e. The van der Waals surface area contributed by atoms with E-state index in [0.29, 0.717) is 18.5 Å². The van der Waals surface area contributed by atoms with Crippen LogP contribution in [0.25, 0.3) is 0 Å². The minimum atomic E-state index is -4.41. The van der Waals surface area contributed by atoms with Crippen molar-refractivity contribution >= 4 is 11.9 Å². The summed E-state index contributed by atoms with van der Waals surface area (Å²) in [6, 6.07) is 4.95. The molecule has 2 rings (SSSR count). The number of carboxylic acids is 1. The van der Waals surface area contributed by atoms with Crippen molar-refractivity contribution in [1.82, 2.24) is 4.90 Å². The van der Waals surface area contributed by atoms with E-state index in [1.54, 1.807) is 13.0 Å². The molecule has 0 aliphatic carbocycles. The van der Waals surface area contributed by atoms with Crippen molar-refractivity contribution in [1.29, 1.82) is 0 Å². The summed E-state index contributed by atoms with van der Waals surface area (Å²) in [5.74, 6) is -2.07. The van der Waals surface area contributed by atoms with Gasteiger partial charge in [-0.05, 0) is 24.0 Å². The molecule has 1 N–H and O–H groups in total. The maximum absolute atomic E-state index is 12.7. The number of carbonyl (C=O) groups is 2. The van der Waals surface area contributed by atoms with Gasteiger partial charge in [-0.25, -0.2) is 0 Å². The highest BCUT2D eigenvalue weighted by atomic mass is 19.4. The molecule has 0 radical (unpaired) electrons. The lowest BCUT2D eigenvalue weighted by Crippen LogP contribution is -2.30. The predicted octanol–water partition coefficient (Wildman–Crippen LogP) is 3.13. The van der Waals surface area contributed by atoms with Crippen LogP contribution in [0.15, 0.2) is 24.3 Å². The standard InChI is InChI=1S/C16H18F3NO3/c1-10(11-3-2-4-13(8-11)16(17,18)19)7-14(21)20-6-5-12(9-20)15(22)23/h2-4,8,10,12H,5-7,9H2,1H3,(H,22,23). The molecule has 0 spiro atoms. The Bertz CT molecular complexity index is 600. The van der Waals surface area contributed by atoms with Gasteiger partial charge in [0.25, 0.3) is 0 Å². The van der Waals surface area contributed by atoms with Gasteiger partial charge in [-0.15, -0.1) is 0 Å². The highest BCUT2D eigenvalue weighted by Gasteiger charge is 2.32. The summed E-state index contributed by atoms with van der Waals surface area (Å²) >= 11 is 0. The minimum Gasteiger partial charge on any atom is -0.481 e. The van der Waals surface area contributed by atoms with Crippen LogP contribution in [0.2, 0.25) is 0 Å². The average Bonchev–Trinajstić information content (AvgIpc) is 2.96. The second-order valence-electron chi connectivity index (χ2n) is 5.89. The first-order chi connectivity index (χ1) is 10.7. The molecule has 126 valence electrons. The Kier molecular flexibility index (Phi) is 4.97. The van der Waals surface area contributed by atoms with E-state index in [1.165, 1.54) is 11.0 Å². The number of alkyl halides is 3. The van der Waals surface area contributed by atoms with Crippen LogP contribution < -0.4 is 0 Å². The van der Waals surface area contributed by atoms with Gasteiger partial charge in [0.2, 0.25) is 5.91 Å². The van der Waals surface area contributed by atoms with E-state index in [-0.39, 0.29) is 24.8 Å². The Balaban J connectivity index is 2.01. The third kappa shape index (κ3) is 4.24. The molecular formula is C16H18F3NO3. The van der Waals surface area contributed by atoms with Gasteiger partial charge in [-0.3, -0.25) is 9.59 Å². The number of aliphatic carboxylic acids is 1. The number of hydrogen-bond acceptors (Lipinski definition) is 2. The third-order valence-electron chi connectivity index (χ3n) is 4.15. The molecule has 1 aliphatic rings. The van der Waals surface area contributed by atoms with Gasteiger partial charge < -0.3 is 10.0 Å². The summed E-state index contributed by atoms with van der Waals surface area (Å²) in [6.07, 6.45) is -3.93. The smallest absolute Gasteiger partial charge is 0.416 e. The first-order valence-corrected chi connectivity index (χ1v) is 7.36. The number of amides is 1. The van der Waals surface area contributed by atoms with Crippen LogP contribution in [0.4, 0.5) is 13.2 Å². The van der Waals surface area contributed by atoms with Crippen LogP contribution in [0, 0.1) is 5.92 Å². The molecule has 1 aromatic rings. The number of benzene rings is 1. The molecular weight excluding hydrogens is 311 g/mol. The predicted molar refractivity (Wildman–Crippen MR) is 76.8 cm³/mol. The Morgan fingerprint density at radius 1 is 1.39 bits per heavy atom. The average molecular weight is 329 g/mol. The number of likely N-dealkylation sites (tertiary alicyclic amines) is 1. The number of rotatable bonds is 4.